The summed E-state index contributed by atoms with van der Waals surface area (Å²) in [5.41, 5.74) is -0.0972. The van der Waals surface area contributed by atoms with Crippen LogP contribution in [-0.4, -0.2) is 16.7 Å². The van der Waals surface area contributed by atoms with Crippen LogP contribution in [0.25, 0.3) is 0 Å². The molecule has 0 saturated carbocycles. The highest BCUT2D eigenvalue weighted by atomic mass is 16.6. The van der Waals surface area contributed by atoms with E-state index in [0.29, 0.717) is 5.92 Å². The summed E-state index contributed by atoms with van der Waals surface area (Å²) in [6, 6.07) is 4.94. The summed E-state index contributed by atoms with van der Waals surface area (Å²) in [6.07, 6.45) is 7.63. The van der Waals surface area contributed by atoms with E-state index in [-0.39, 0.29) is 11.3 Å². The summed E-state index contributed by atoms with van der Waals surface area (Å²) < 4.78 is 5.22. The molecule has 0 saturated heterocycles. The van der Waals surface area contributed by atoms with Gasteiger partial charge in [0.1, 0.15) is 11.3 Å². The maximum absolute atomic E-state index is 12.1. The number of hydrogen-bond acceptors (Lipinski definition) is 3. The van der Waals surface area contributed by atoms with Gasteiger partial charge in [0.2, 0.25) is 0 Å². The third-order valence-electron chi connectivity index (χ3n) is 3.40. The van der Waals surface area contributed by atoms with Gasteiger partial charge in [0.25, 0.3) is 0 Å². The summed E-state index contributed by atoms with van der Waals surface area (Å²) >= 11 is 0. The molecule has 3 heteroatoms. The van der Waals surface area contributed by atoms with Crippen molar-refractivity contribution in [2.75, 3.05) is 0 Å². The lowest BCUT2D eigenvalue weighted by molar-refractivity contribution is 0.0281. The van der Waals surface area contributed by atoms with Gasteiger partial charge in [-0.25, -0.2) is 4.79 Å². The van der Waals surface area contributed by atoms with Crippen molar-refractivity contribution in [2.45, 2.75) is 38.7 Å². The van der Waals surface area contributed by atoms with Crippen molar-refractivity contribution in [3.63, 3.8) is 0 Å². The molecule has 0 aliphatic carbocycles. The molecule has 106 valence electrons. The number of carbonyl (C=O) groups is 1. The van der Waals surface area contributed by atoms with Crippen LogP contribution < -0.4 is 0 Å². The lowest BCUT2D eigenvalue weighted by Crippen LogP contribution is -2.27. The third-order valence-corrected chi connectivity index (χ3v) is 3.40. The van der Waals surface area contributed by atoms with Crippen LogP contribution in [0, 0.1) is 12.3 Å². The Bertz CT molecular complexity index is 554. The Kier molecular flexibility index (Phi) is 4.99. The second kappa shape index (κ2) is 6.29. The number of aromatic hydroxyl groups is 1. The molecule has 0 bridgehead atoms. The molecular formula is C17H20O3. The Balaban J connectivity index is 3.10. The Morgan fingerprint density at radius 3 is 2.80 bits per heavy atom. The van der Waals surface area contributed by atoms with Crippen LogP contribution in [0.4, 0.5) is 0 Å². The lowest BCUT2D eigenvalue weighted by atomic mass is 9.96. The molecule has 0 aliphatic heterocycles. The molecular weight excluding hydrogens is 252 g/mol. The maximum atomic E-state index is 12.1. The van der Waals surface area contributed by atoms with Gasteiger partial charge in [-0.3, -0.25) is 0 Å². The monoisotopic (exact) mass is 272 g/mol. The number of carbonyl (C=O) groups excluding carboxylic acids is 1. The zero-order valence-electron chi connectivity index (χ0n) is 12.1. The van der Waals surface area contributed by atoms with Crippen LogP contribution in [0.1, 0.15) is 49.0 Å². The highest BCUT2D eigenvalue weighted by Gasteiger charge is 2.25. The molecule has 2 unspecified atom stereocenters. The minimum Gasteiger partial charge on any atom is -0.507 e. The standard InChI is InChI=1S/C17H20O3/c1-6-12(4)13-9-10-15(18)14(11-13)16(19)20-17(5,7-2)8-3/h2,8-12,18H,3,6H2,1,4-5H3. The van der Waals surface area contributed by atoms with Gasteiger partial charge >= 0.3 is 5.97 Å². The van der Waals surface area contributed by atoms with E-state index in [1.54, 1.807) is 19.1 Å². The average Bonchev–Trinajstić information content (AvgIpc) is 2.46. The van der Waals surface area contributed by atoms with Gasteiger partial charge in [-0.1, -0.05) is 32.4 Å². The van der Waals surface area contributed by atoms with Gasteiger partial charge in [-0.05, 0) is 43.0 Å². The number of benzene rings is 1. The zero-order valence-corrected chi connectivity index (χ0v) is 12.1. The minimum absolute atomic E-state index is 0.117. The van der Waals surface area contributed by atoms with Crippen molar-refractivity contribution in [1.29, 1.82) is 0 Å². The molecule has 0 spiro atoms. The van der Waals surface area contributed by atoms with Gasteiger partial charge < -0.3 is 9.84 Å². The van der Waals surface area contributed by atoms with E-state index >= 15 is 0 Å². The van der Waals surface area contributed by atoms with Crippen LogP contribution in [0.15, 0.2) is 30.9 Å². The zero-order chi connectivity index (χ0) is 15.3. The van der Waals surface area contributed by atoms with Crippen molar-refractivity contribution in [1.82, 2.24) is 0 Å². The first-order chi connectivity index (χ1) is 9.36. The normalized spacial score (nSPS) is 14.7. The van der Waals surface area contributed by atoms with E-state index in [0.717, 1.165) is 12.0 Å². The summed E-state index contributed by atoms with van der Waals surface area (Å²) in [5.74, 6) is 1.87. The number of hydrogen-bond donors (Lipinski definition) is 1. The van der Waals surface area contributed by atoms with Crippen LogP contribution in [0.2, 0.25) is 0 Å². The molecule has 0 fully saturated rings. The summed E-state index contributed by atoms with van der Waals surface area (Å²) in [5, 5.41) is 9.82. The molecule has 0 radical (unpaired) electrons. The molecule has 1 aromatic rings. The number of ether oxygens (including phenoxy) is 1. The van der Waals surface area contributed by atoms with Crippen molar-refractivity contribution >= 4 is 5.97 Å². The van der Waals surface area contributed by atoms with Crippen LogP contribution in [-0.2, 0) is 4.74 Å². The largest absolute Gasteiger partial charge is 0.507 e. The van der Waals surface area contributed by atoms with Gasteiger partial charge in [0.05, 0.1) is 0 Å². The molecule has 1 rings (SSSR count). The van der Waals surface area contributed by atoms with E-state index in [2.05, 4.69) is 26.3 Å². The fraction of sp³-hybridized carbons (Fsp3) is 0.353. The molecule has 0 aromatic heterocycles. The van der Waals surface area contributed by atoms with Crippen molar-refractivity contribution < 1.29 is 14.6 Å². The Morgan fingerprint density at radius 1 is 1.65 bits per heavy atom. The summed E-state index contributed by atoms with van der Waals surface area (Å²) in [4.78, 5) is 12.1. The van der Waals surface area contributed by atoms with Gasteiger partial charge in [0, 0.05) is 0 Å². The average molecular weight is 272 g/mol. The van der Waals surface area contributed by atoms with Crippen molar-refractivity contribution in [3.05, 3.63) is 42.0 Å². The van der Waals surface area contributed by atoms with E-state index in [1.807, 2.05) is 0 Å². The van der Waals surface area contributed by atoms with Crippen LogP contribution >= 0.6 is 0 Å². The number of phenolic OH excluding ortho intramolecular Hbond substituents is 1. The van der Waals surface area contributed by atoms with E-state index in [1.165, 1.54) is 12.1 Å². The van der Waals surface area contributed by atoms with Gasteiger partial charge in [-0.2, -0.15) is 0 Å². The maximum Gasteiger partial charge on any atom is 0.343 e. The molecule has 0 heterocycles. The van der Waals surface area contributed by atoms with Crippen molar-refractivity contribution in [3.8, 4) is 18.1 Å². The van der Waals surface area contributed by atoms with Crippen molar-refractivity contribution in [2.24, 2.45) is 0 Å². The highest BCUT2D eigenvalue weighted by molar-refractivity contribution is 5.93. The third kappa shape index (κ3) is 3.42. The van der Waals surface area contributed by atoms with Crippen LogP contribution in [0.3, 0.4) is 0 Å². The fourth-order valence-electron chi connectivity index (χ4n) is 1.64. The van der Waals surface area contributed by atoms with E-state index < -0.39 is 11.6 Å². The quantitative estimate of drug-likeness (QED) is 0.505. The topological polar surface area (TPSA) is 46.5 Å². The molecule has 20 heavy (non-hydrogen) atoms. The molecule has 3 nitrogen and oxygen atoms in total. The predicted molar refractivity (Wildman–Crippen MR) is 79.7 cm³/mol. The molecule has 2 atom stereocenters. The summed E-state index contributed by atoms with van der Waals surface area (Å²) in [6.45, 7) is 9.22. The number of rotatable bonds is 5. The summed E-state index contributed by atoms with van der Waals surface area (Å²) in [7, 11) is 0. The molecule has 0 aliphatic rings. The Morgan fingerprint density at radius 2 is 2.30 bits per heavy atom. The fourth-order valence-corrected chi connectivity index (χ4v) is 1.64. The molecule has 0 amide bonds. The Hall–Kier alpha value is -2.21. The second-order valence-electron chi connectivity index (χ2n) is 4.93. The Labute approximate surface area is 120 Å². The number of terminal acetylenes is 1. The van der Waals surface area contributed by atoms with Crippen LogP contribution in [0.5, 0.6) is 5.75 Å². The smallest absolute Gasteiger partial charge is 0.343 e. The minimum atomic E-state index is -1.18. The number of esters is 1. The molecule has 1 N–H and O–H groups in total. The first-order valence-corrected chi connectivity index (χ1v) is 6.54. The first kappa shape index (κ1) is 15.8. The highest BCUT2D eigenvalue weighted by Crippen LogP contribution is 2.27. The molecule has 1 aromatic carbocycles. The lowest BCUT2D eigenvalue weighted by Gasteiger charge is -2.20. The predicted octanol–water partition coefficient (Wildman–Crippen LogP) is 3.64. The number of phenols is 1. The first-order valence-electron chi connectivity index (χ1n) is 6.54. The SMILES string of the molecule is C#CC(C)(C=C)OC(=O)c1cc(C(C)CC)ccc1O. The van der Waals surface area contributed by atoms with E-state index in [4.69, 9.17) is 11.2 Å². The van der Waals surface area contributed by atoms with E-state index in [9.17, 15) is 9.90 Å². The second-order valence-corrected chi connectivity index (χ2v) is 4.93. The van der Waals surface area contributed by atoms with Gasteiger partial charge in [-0.15, -0.1) is 6.42 Å². The van der Waals surface area contributed by atoms with Gasteiger partial charge in [0.15, 0.2) is 5.60 Å².